The van der Waals surface area contributed by atoms with Gasteiger partial charge in [-0.1, -0.05) is 12.1 Å². The Morgan fingerprint density at radius 1 is 1.12 bits per heavy atom. The highest BCUT2D eigenvalue weighted by Crippen LogP contribution is 2.18. The van der Waals surface area contributed by atoms with Crippen LogP contribution in [0.3, 0.4) is 0 Å². The monoisotopic (exact) mass is 214 g/mol. The minimum absolute atomic E-state index is 0.212. The van der Waals surface area contributed by atoms with Gasteiger partial charge in [0.2, 0.25) is 0 Å². The van der Waals surface area contributed by atoms with E-state index in [1.54, 1.807) is 12.1 Å². The van der Waals surface area contributed by atoms with Crippen LogP contribution in [0.5, 0.6) is 0 Å². The second-order valence-corrected chi connectivity index (χ2v) is 3.80. The Morgan fingerprint density at radius 2 is 2.00 bits per heavy atom. The van der Waals surface area contributed by atoms with Crippen molar-refractivity contribution in [2.45, 2.75) is 6.54 Å². The van der Waals surface area contributed by atoms with E-state index < -0.39 is 0 Å². The molecule has 2 aromatic rings. The van der Waals surface area contributed by atoms with Crippen molar-refractivity contribution in [1.29, 1.82) is 0 Å². The van der Waals surface area contributed by atoms with Gasteiger partial charge in [0.25, 0.3) is 0 Å². The smallest absolute Gasteiger partial charge is 0.132 e. The molecule has 0 aliphatic carbocycles. The van der Waals surface area contributed by atoms with E-state index in [-0.39, 0.29) is 5.82 Å². The molecule has 0 fully saturated rings. The normalized spacial score (nSPS) is 14.4. The summed E-state index contributed by atoms with van der Waals surface area (Å²) in [6.07, 6.45) is 2.00. The molecule has 0 unspecified atom stereocenters. The highest BCUT2D eigenvalue weighted by molar-refractivity contribution is 6.12. The number of aromatic nitrogens is 1. The lowest BCUT2D eigenvalue weighted by molar-refractivity contribution is 0.623. The quantitative estimate of drug-likeness (QED) is 0.694. The first kappa shape index (κ1) is 9.33. The summed E-state index contributed by atoms with van der Waals surface area (Å²) >= 11 is 0. The van der Waals surface area contributed by atoms with Crippen LogP contribution in [0.1, 0.15) is 11.3 Å². The third-order valence-corrected chi connectivity index (χ3v) is 2.81. The van der Waals surface area contributed by atoms with E-state index in [4.69, 9.17) is 0 Å². The minimum Gasteiger partial charge on any atom is -0.344 e. The van der Waals surface area contributed by atoms with Crippen molar-refractivity contribution >= 4 is 5.71 Å². The molecule has 0 saturated heterocycles. The summed E-state index contributed by atoms with van der Waals surface area (Å²) in [4.78, 5) is 4.43. The van der Waals surface area contributed by atoms with E-state index in [0.29, 0.717) is 12.1 Å². The summed E-state index contributed by atoms with van der Waals surface area (Å²) in [7, 11) is 0. The maximum absolute atomic E-state index is 13.7. The van der Waals surface area contributed by atoms with E-state index in [1.165, 1.54) is 6.07 Å². The number of halogens is 1. The first-order valence-corrected chi connectivity index (χ1v) is 5.31. The topological polar surface area (TPSA) is 17.3 Å². The summed E-state index contributed by atoms with van der Waals surface area (Å²) in [6.45, 7) is 1.59. The van der Waals surface area contributed by atoms with Gasteiger partial charge in [0.1, 0.15) is 5.82 Å². The molecule has 3 rings (SSSR count). The summed E-state index contributed by atoms with van der Waals surface area (Å²) in [6, 6.07) is 10.7. The predicted octanol–water partition coefficient (Wildman–Crippen LogP) is 2.48. The zero-order valence-electron chi connectivity index (χ0n) is 8.73. The minimum atomic E-state index is -0.212. The van der Waals surface area contributed by atoms with Crippen molar-refractivity contribution in [3.63, 3.8) is 0 Å². The number of benzene rings is 1. The Kier molecular flexibility index (Phi) is 2.10. The lowest BCUT2D eigenvalue weighted by Crippen LogP contribution is -2.19. The van der Waals surface area contributed by atoms with Crippen molar-refractivity contribution in [2.75, 3.05) is 6.54 Å². The fourth-order valence-corrected chi connectivity index (χ4v) is 2.05. The Labute approximate surface area is 93.1 Å². The highest BCUT2D eigenvalue weighted by atomic mass is 19.1. The summed E-state index contributed by atoms with van der Waals surface area (Å²) in [5.74, 6) is -0.212. The maximum Gasteiger partial charge on any atom is 0.132 e. The van der Waals surface area contributed by atoms with Crippen LogP contribution in [0.2, 0.25) is 0 Å². The lowest BCUT2D eigenvalue weighted by Gasteiger charge is -2.16. The number of rotatable bonds is 1. The molecule has 2 nitrogen and oxygen atoms in total. The van der Waals surface area contributed by atoms with Gasteiger partial charge in [0, 0.05) is 18.3 Å². The largest absolute Gasteiger partial charge is 0.344 e. The molecule has 0 spiro atoms. The molecular formula is C13H11FN2. The van der Waals surface area contributed by atoms with Crippen LogP contribution in [-0.2, 0) is 6.54 Å². The van der Waals surface area contributed by atoms with Gasteiger partial charge < -0.3 is 4.57 Å². The average molecular weight is 214 g/mol. The average Bonchev–Trinajstić information content (AvgIpc) is 2.77. The first-order chi connectivity index (χ1) is 7.86. The Morgan fingerprint density at radius 3 is 2.88 bits per heavy atom. The Hall–Kier alpha value is -1.90. The third kappa shape index (κ3) is 1.36. The van der Waals surface area contributed by atoms with Crippen LogP contribution in [0.15, 0.2) is 47.6 Å². The van der Waals surface area contributed by atoms with E-state index in [1.807, 2.05) is 24.4 Å². The van der Waals surface area contributed by atoms with Crippen molar-refractivity contribution in [3.8, 4) is 0 Å². The van der Waals surface area contributed by atoms with E-state index in [2.05, 4.69) is 9.56 Å². The molecule has 0 atom stereocenters. The zero-order valence-corrected chi connectivity index (χ0v) is 8.73. The zero-order chi connectivity index (χ0) is 11.0. The van der Waals surface area contributed by atoms with Gasteiger partial charge in [-0.05, 0) is 24.3 Å². The van der Waals surface area contributed by atoms with Crippen LogP contribution in [0.4, 0.5) is 4.39 Å². The summed E-state index contributed by atoms with van der Waals surface area (Å²) in [5, 5.41) is 0. The third-order valence-electron chi connectivity index (χ3n) is 2.81. The molecule has 0 radical (unpaired) electrons. The fraction of sp³-hybridized carbons (Fsp3) is 0.154. The first-order valence-electron chi connectivity index (χ1n) is 5.31. The number of nitrogens with zero attached hydrogens (tertiary/aromatic N) is 2. The molecule has 1 aliphatic heterocycles. The van der Waals surface area contributed by atoms with Gasteiger partial charge >= 0.3 is 0 Å². The molecule has 0 saturated carbocycles. The SMILES string of the molecule is Fc1ccccc1C1=NCCn2cccc21. The molecule has 1 aliphatic rings. The van der Waals surface area contributed by atoms with E-state index >= 15 is 0 Å². The molecule has 3 heteroatoms. The van der Waals surface area contributed by atoms with Gasteiger partial charge in [-0.2, -0.15) is 0 Å². The number of hydrogen-bond donors (Lipinski definition) is 0. The van der Waals surface area contributed by atoms with E-state index in [0.717, 1.165) is 18.0 Å². The van der Waals surface area contributed by atoms with E-state index in [9.17, 15) is 4.39 Å². The number of aliphatic imine (C=N–C) groups is 1. The van der Waals surface area contributed by atoms with Crippen LogP contribution in [-0.4, -0.2) is 16.8 Å². The van der Waals surface area contributed by atoms with Crippen molar-refractivity contribution in [1.82, 2.24) is 4.57 Å². The van der Waals surface area contributed by atoms with Crippen LogP contribution in [0.25, 0.3) is 0 Å². The number of fused-ring (bicyclic) bond motifs is 1. The highest BCUT2D eigenvalue weighted by Gasteiger charge is 2.17. The fourth-order valence-electron chi connectivity index (χ4n) is 2.05. The predicted molar refractivity (Wildman–Crippen MR) is 61.3 cm³/mol. The van der Waals surface area contributed by atoms with Crippen LogP contribution in [0, 0.1) is 5.82 Å². The molecule has 1 aromatic heterocycles. The summed E-state index contributed by atoms with van der Waals surface area (Å²) < 4.78 is 15.8. The van der Waals surface area contributed by atoms with Gasteiger partial charge in [0.15, 0.2) is 0 Å². The molecule has 2 heterocycles. The summed E-state index contributed by atoms with van der Waals surface area (Å²) in [5.41, 5.74) is 2.34. The Bertz CT molecular complexity index is 555. The molecular weight excluding hydrogens is 203 g/mol. The maximum atomic E-state index is 13.7. The molecule has 16 heavy (non-hydrogen) atoms. The van der Waals surface area contributed by atoms with Crippen LogP contribution < -0.4 is 0 Å². The van der Waals surface area contributed by atoms with Crippen molar-refractivity contribution < 1.29 is 4.39 Å². The Balaban J connectivity index is 2.16. The molecule has 80 valence electrons. The molecule has 1 aromatic carbocycles. The van der Waals surface area contributed by atoms with Gasteiger partial charge in [-0.3, -0.25) is 4.99 Å². The lowest BCUT2D eigenvalue weighted by atomic mass is 10.1. The molecule has 0 amide bonds. The second kappa shape index (κ2) is 3.59. The molecule has 0 N–H and O–H groups in total. The molecule has 0 bridgehead atoms. The second-order valence-electron chi connectivity index (χ2n) is 3.80. The van der Waals surface area contributed by atoms with Crippen molar-refractivity contribution in [3.05, 3.63) is 59.7 Å². The standard InChI is InChI=1S/C13H11FN2/c14-11-5-2-1-4-10(11)13-12-6-3-8-16(12)9-7-15-13/h1-6,8H,7,9H2. The van der Waals surface area contributed by atoms with Gasteiger partial charge in [-0.15, -0.1) is 0 Å². The number of hydrogen-bond acceptors (Lipinski definition) is 1. The van der Waals surface area contributed by atoms with Gasteiger partial charge in [-0.25, -0.2) is 4.39 Å². The van der Waals surface area contributed by atoms with Crippen molar-refractivity contribution in [2.24, 2.45) is 4.99 Å². The van der Waals surface area contributed by atoms with Gasteiger partial charge in [0.05, 0.1) is 18.0 Å². The van der Waals surface area contributed by atoms with Crippen LogP contribution >= 0.6 is 0 Å².